The normalized spacial score (nSPS) is 9.92. The first-order chi connectivity index (χ1) is 12.3. The second-order valence-corrected chi connectivity index (χ2v) is 5.57. The second kappa shape index (κ2) is 7.93. The molecule has 0 aliphatic rings. The fourth-order valence-electron chi connectivity index (χ4n) is 2.33. The van der Waals surface area contributed by atoms with E-state index in [1.165, 1.54) is 0 Å². The lowest BCUT2D eigenvalue weighted by atomic mass is 10.0. The Labute approximate surface area is 149 Å². The maximum atomic E-state index is 11.8. The summed E-state index contributed by atoms with van der Waals surface area (Å²) in [5, 5.41) is 22.9. The SMILES string of the molecule is CC(=O)O.Cn1cc(-c2ccc3cc(C(=O)NC(=N)N)ccc3c2)cn1. The summed E-state index contributed by atoms with van der Waals surface area (Å²) < 4.78 is 1.76. The molecule has 0 saturated carbocycles. The molecule has 0 aliphatic carbocycles. The van der Waals surface area contributed by atoms with Gasteiger partial charge >= 0.3 is 0 Å². The minimum atomic E-state index is -0.833. The molecule has 0 unspecified atom stereocenters. The van der Waals surface area contributed by atoms with Crippen LogP contribution in [0.5, 0.6) is 0 Å². The van der Waals surface area contributed by atoms with Gasteiger partial charge in [0.15, 0.2) is 5.96 Å². The number of benzene rings is 2. The van der Waals surface area contributed by atoms with Crippen molar-refractivity contribution in [3.63, 3.8) is 0 Å². The summed E-state index contributed by atoms with van der Waals surface area (Å²) >= 11 is 0. The number of carboxylic acids is 1. The molecule has 0 radical (unpaired) electrons. The average molecular weight is 353 g/mol. The van der Waals surface area contributed by atoms with Gasteiger partial charge in [0.2, 0.25) is 0 Å². The molecular formula is C18H19N5O3. The number of carboxylic acid groups (broad SMARTS) is 1. The Balaban J connectivity index is 0.000000552. The molecule has 3 rings (SSSR count). The summed E-state index contributed by atoms with van der Waals surface area (Å²) in [5.41, 5.74) is 7.76. The highest BCUT2D eigenvalue weighted by Gasteiger charge is 2.08. The number of carbonyl (C=O) groups excluding carboxylic acids is 1. The Morgan fingerprint density at radius 1 is 1.15 bits per heavy atom. The molecule has 3 aromatic rings. The van der Waals surface area contributed by atoms with E-state index in [4.69, 9.17) is 21.0 Å². The number of nitrogens with two attached hydrogens (primary N) is 1. The van der Waals surface area contributed by atoms with Gasteiger partial charge in [-0.1, -0.05) is 18.2 Å². The predicted octanol–water partition coefficient (Wildman–Crippen LogP) is 1.95. The van der Waals surface area contributed by atoms with Gasteiger partial charge in [-0.2, -0.15) is 5.10 Å². The van der Waals surface area contributed by atoms with Gasteiger partial charge in [0, 0.05) is 31.3 Å². The van der Waals surface area contributed by atoms with Crippen LogP contribution in [0.2, 0.25) is 0 Å². The molecule has 0 spiro atoms. The number of nitrogens with one attached hydrogen (secondary N) is 2. The lowest BCUT2D eigenvalue weighted by Crippen LogP contribution is -2.35. The lowest BCUT2D eigenvalue weighted by molar-refractivity contribution is -0.134. The van der Waals surface area contributed by atoms with Crippen molar-refractivity contribution in [3.8, 4) is 11.1 Å². The van der Waals surface area contributed by atoms with Crippen LogP contribution in [-0.4, -0.2) is 32.7 Å². The molecule has 0 bridgehead atoms. The highest BCUT2D eigenvalue weighted by Crippen LogP contribution is 2.24. The molecule has 0 aliphatic heterocycles. The first-order valence-electron chi connectivity index (χ1n) is 7.64. The average Bonchev–Trinajstić information content (AvgIpc) is 2.99. The number of rotatable bonds is 2. The van der Waals surface area contributed by atoms with Crippen LogP contribution in [-0.2, 0) is 11.8 Å². The van der Waals surface area contributed by atoms with Crippen LogP contribution in [0.3, 0.4) is 0 Å². The van der Waals surface area contributed by atoms with E-state index in [1.54, 1.807) is 16.8 Å². The van der Waals surface area contributed by atoms with Crippen LogP contribution in [0.4, 0.5) is 0 Å². The van der Waals surface area contributed by atoms with E-state index in [1.807, 2.05) is 37.6 Å². The van der Waals surface area contributed by atoms with Gasteiger partial charge in [-0.25, -0.2) is 0 Å². The van der Waals surface area contributed by atoms with Crippen molar-refractivity contribution >= 4 is 28.6 Å². The molecule has 0 atom stereocenters. The molecule has 8 nitrogen and oxygen atoms in total. The summed E-state index contributed by atoms with van der Waals surface area (Å²) in [6, 6.07) is 11.4. The second-order valence-electron chi connectivity index (χ2n) is 5.57. The van der Waals surface area contributed by atoms with Gasteiger partial charge in [0.25, 0.3) is 11.9 Å². The third-order valence-electron chi connectivity index (χ3n) is 3.39. The fourth-order valence-corrected chi connectivity index (χ4v) is 2.33. The van der Waals surface area contributed by atoms with Crippen molar-refractivity contribution in [2.45, 2.75) is 6.92 Å². The molecule has 1 amide bonds. The molecular weight excluding hydrogens is 334 g/mol. The van der Waals surface area contributed by atoms with Gasteiger partial charge in [0.05, 0.1) is 6.20 Å². The zero-order valence-corrected chi connectivity index (χ0v) is 14.4. The summed E-state index contributed by atoms with van der Waals surface area (Å²) in [5.74, 6) is -1.58. The van der Waals surface area contributed by atoms with Gasteiger partial charge in [0.1, 0.15) is 0 Å². The summed E-state index contributed by atoms with van der Waals surface area (Å²) in [7, 11) is 1.88. The number of nitrogens with zero attached hydrogens (tertiary/aromatic N) is 2. The maximum Gasteiger partial charge on any atom is 0.300 e. The van der Waals surface area contributed by atoms with E-state index in [9.17, 15) is 4.79 Å². The van der Waals surface area contributed by atoms with E-state index < -0.39 is 5.97 Å². The largest absolute Gasteiger partial charge is 0.481 e. The Morgan fingerprint density at radius 3 is 2.35 bits per heavy atom. The molecule has 5 N–H and O–H groups in total. The summed E-state index contributed by atoms with van der Waals surface area (Å²) in [6.07, 6.45) is 3.77. The molecule has 26 heavy (non-hydrogen) atoms. The molecule has 0 saturated heterocycles. The number of amides is 1. The monoisotopic (exact) mass is 353 g/mol. The first-order valence-corrected chi connectivity index (χ1v) is 7.64. The zero-order valence-electron chi connectivity index (χ0n) is 14.4. The molecule has 2 aromatic carbocycles. The number of guanidine groups is 1. The molecule has 1 aromatic heterocycles. The Hall–Kier alpha value is -3.68. The van der Waals surface area contributed by atoms with E-state index in [2.05, 4.69) is 16.5 Å². The summed E-state index contributed by atoms with van der Waals surface area (Å²) in [4.78, 5) is 20.8. The number of hydrogen-bond donors (Lipinski definition) is 4. The summed E-state index contributed by atoms with van der Waals surface area (Å²) in [6.45, 7) is 1.08. The molecule has 134 valence electrons. The van der Waals surface area contributed by atoms with Crippen molar-refractivity contribution in [1.29, 1.82) is 5.41 Å². The minimum absolute atomic E-state index is 0.364. The minimum Gasteiger partial charge on any atom is -0.481 e. The number of carbonyl (C=O) groups is 2. The number of fused-ring (bicyclic) bond motifs is 1. The van der Waals surface area contributed by atoms with E-state index in [0.717, 1.165) is 28.8 Å². The third-order valence-corrected chi connectivity index (χ3v) is 3.39. The van der Waals surface area contributed by atoms with Crippen molar-refractivity contribution < 1.29 is 14.7 Å². The Kier molecular flexibility index (Phi) is 5.69. The number of aliphatic carboxylic acids is 1. The van der Waals surface area contributed by atoms with Gasteiger partial charge in [-0.3, -0.25) is 25.0 Å². The Bertz CT molecular complexity index is 974. The number of aryl methyl sites for hydroxylation is 1. The predicted molar refractivity (Wildman–Crippen MR) is 98.8 cm³/mol. The quantitative estimate of drug-likeness (QED) is 0.413. The van der Waals surface area contributed by atoms with Crippen LogP contribution in [0.1, 0.15) is 17.3 Å². The van der Waals surface area contributed by atoms with Gasteiger partial charge in [-0.05, 0) is 34.5 Å². The van der Waals surface area contributed by atoms with Crippen molar-refractivity contribution in [1.82, 2.24) is 15.1 Å². The highest BCUT2D eigenvalue weighted by atomic mass is 16.4. The standard InChI is InChI=1S/C16H15N5O.C2H4O2/c1-21-9-14(8-19-21)12-3-2-11-7-13(5-4-10(11)6-12)15(22)20-16(17)18;1-2(3)4/h2-9H,1H3,(H4,17,18,20,22);1H3,(H,3,4). The topological polar surface area (TPSA) is 134 Å². The molecule has 1 heterocycles. The molecule has 8 heteroatoms. The smallest absolute Gasteiger partial charge is 0.300 e. The first kappa shape index (κ1) is 18.7. The zero-order chi connectivity index (χ0) is 19.3. The number of aromatic nitrogens is 2. The Morgan fingerprint density at radius 2 is 1.77 bits per heavy atom. The van der Waals surface area contributed by atoms with E-state index >= 15 is 0 Å². The van der Waals surface area contributed by atoms with E-state index in [-0.39, 0.29) is 11.9 Å². The van der Waals surface area contributed by atoms with Crippen molar-refractivity contribution in [2.75, 3.05) is 0 Å². The third kappa shape index (κ3) is 4.91. The van der Waals surface area contributed by atoms with Crippen LogP contribution < -0.4 is 11.1 Å². The highest BCUT2D eigenvalue weighted by molar-refractivity contribution is 6.06. The lowest BCUT2D eigenvalue weighted by Gasteiger charge is -2.06. The van der Waals surface area contributed by atoms with Crippen molar-refractivity contribution in [3.05, 3.63) is 54.4 Å². The van der Waals surface area contributed by atoms with Gasteiger partial charge < -0.3 is 10.8 Å². The van der Waals surface area contributed by atoms with E-state index in [0.29, 0.717) is 5.56 Å². The fraction of sp³-hybridized carbons (Fsp3) is 0.111. The van der Waals surface area contributed by atoms with Gasteiger partial charge in [-0.15, -0.1) is 0 Å². The van der Waals surface area contributed by atoms with Crippen LogP contribution in [0.15, 0.2) is 48.8 Å². The maximum absolute atomic E-state index is 11.8. The van der Waals surface area contributed by atoms with Crippen LogP contribution >= 0.6 is 0 Å². The number of hydrogen-bond acceptors (Lipinski definition) is 4. The molecule has 0 fully saturated rings. The van der Waals surface area contributed by atoms with Crippen molar-refractivity contribution in [2.24, 2.45) is 12.8 Å². The van der Waals surface area contributed by atoms with Crippen LogP contribution in [0.25, 0.3) is 21.9 Å². The van der Waals surface area contributed by atoms with Crippen LogP contribution in [0, 0.1) is 5.41 Å².